The van der Waals surface area contributed by atoms with Crippen molar-refractivity contribution in [3.63, 3.8) is 0 Å². The molecule has 0 radical (unpaired) electrons. The Labute approximate surface area is 189 Å². The Morgan fingerprint density at radius 1 is 1.22 bits per heavy atom. The Morgan fingerprint density at radius 2 is 2.06 bits per heavy atom. The molecule has 32 heavy (non-hydrogen) atoms. The van der Waals surface area contributed by atoms with Crippen molar-refractivity contribution in [2.24, 2.45) is 7.05 Å². The van der Waals surface area contributed by atoms with Gasteiger partial charge in [-0.25, -0.2) is 9.97 Å². The third kappa shape index (κ3) is 3.54. The van der Waals surface area contributed by atoms with Gasteiger partial charge in [0.25, 0.3) is 0 Å². The molecule has 5 rings (SSSR count). The molecule has 1 aliphatic rings. The van der Waals surface area contributed by atoms with Gasteiger partial charge in [0, 0.05) is 48.2 Å². The van der Waals surface area contributed by atoms with Crippen molar-refractivity contribution in [2.45, 2.75) is 24.9 Å². The van der Waals surface area contributed by atoms with E-state index in [2.05, 4.69) is 33.1 Å². The molecule has 166 valence electrons. The zero-order valence-electron chi connectivity index (χ0n) is 18.5. The van der Waals surface area contributed by atoms with Crippen molar-refractivity contribution in [1.29, 1.82) is 0 Å². The van der Waals surface area contributed by atoms with E-state index in [1.54, 1.807) is 12.5 Å². The lowest BCUT2D eigenvalue weighted by atomic mass is 10.0. The lowest BCUT2D eigenvalue weighted by Crippen LogP contribution is -2.44. The summed E-state index contributed by atoms with van der Waals surface area (Å²) in [6.07, 6.45) is 3.42. The smallest absolute Gasteiger partial charge is 0.244 e. The lowest BCUT2D eigenvalue weighted by Gasteiger charge is -2.34. The van der Waals surface area contributed by atoms with E-state index in [1.807, 2.05) is 36.9 Å². The predicted octanol–water partition coefficient (Wildman–Crippen LogP) is 2.69. The predicted molar refractivity (Wildman–Crippen MR) is 124 cm³/mol. The van der Waals surface area contributed by atoms with Crippen LogP contribution in [0.25, 0.3) is 33.5 Å². The standard InChI is InChI=1S/C22H25N7O2S/c1-13-12-31-10-9-29(13)18-11-16(15-5-6-19(32(4)30)24-14(15)2)22-21(25-18)20(27-28(22)3)17-7-8-23-26-17/h5-8,11,13H,9-10,12H2,1-4H3,(H,23,26). The third-order valence-corrected chi connectivity index (χ3v) is 6.64. The number of rotatable bonds is 4. The van der Waals surface area contributed by atoms with Gasteiger partial charge in [-0.15, -0.1) is 0 Å². The number of fused-ring (bicyclic) bond motifs is 1. The zero-order chi connectivity index (χ0) is 22.4. The number of hydrogen-bond donors (Lipinski definition) is 1. The summed E-state index contributed by atoms with van der Waals surface area (Å²) in [5, 5.41) is 12.5. The van der Waals surface area contributed by atoms with E-state index in [9.17, 15) is 4.55 Å². The molecule has 4 aromatic heterocycles. The first-order valence-electron chi connectivity index (χ1n) is 10.5. The van der Waals surface area contributed by atoms with Gasteiger partial charge in [-0.2, -0.15) is 10.2 Å². The average molecular weight is 452 g/mol. The maximum Gasteiger partial charge on any atom is 0.244 e. The number of aryl methyl sites for hydroxylation is 2. The third-order valence-electron chi connectivity index (χ3n) is 5.83. The molecule has 0 amide bonds. The molecule has 9 nitrogen and oxygen atoms in total. The van der Waals surface area contributed by atoms with Gasteiger partial charge in [0.05, 0.1) is 30.5 Å². The number of pyridine rings is 2. The largest absolute Gasteiger partial charge is 0.610 e. The van der Waals surface area contributed by atoms with Crippen LogP contribution in [0.1, 0.15) is 12.6 Å². The first kappa shape index (κ1) is 20.9. The topological polar surface area (TPSA) is 108 Å². The van der Waals surface area contributed by atoms with Crippen molar-refractivity contribution in [1.82, 2.24) is 29.9 Å². The second-order valence-electron chi connectivity index (χ2n) is 8.01. The van der Waals surface area contributed by atoms with Gasteiger partial charge < -0.3 is 14.2 Å². The second-order valence-corrected chi connectivity index (χ2v) is 9.34. The Hall–Kier alpha value is -2.95. The highest BCUT2D eigenvalue weighted by Crippen LogP contribution is 2.37. The molecule has 0 aromatic carbocycles. The summed E-state index contributed by atoms with van der Waals surface area (Å²) in [5.41, 5.74) is 5.92. The van der Waals surface area contributed by atoms with Crippen LogP contribution >= 0.6 is 0 Å². The molecule has 10 heteroatoms. The highest BCUT2D eigenvalue weighted by atomic mass is 32.2. The van der Waals surface area contributed by atoms with Gasteiger partial charge in [0.2, 0.25) is 5.03 Å². The zero-order valence-corrected chi connectivity index (χ0v) is 19.3. The van der Waals surface area contributed by atoms with E-state index >= 15 is 0 Å². The summed E-state index contributed by atoms with van der Waals surface area (Å²) < 4.78 is 19.4. The molecule has 2 atom stereocenters. The number of nitrogens with zero attached hydrogens (tertiary/aromatic N) is 6. The second kappa shape index (κ2) is 8.19. The summed E-state index contributed by atoms with van der Waals surface area (Å²) in [6, 6.07) is 8.02. The molecule has 5 heterocycles. The van der Waals surface area contributed by atoms with Gasteiger partial charge in [-0.1, -0.05) is 0 Å². The summed E-state index contributed by atoms with van der Waals surface area (Å²) in [4.78, 5) is 11.9. The number of nitrogens with one attached hydrogen (secondary N) is 1. The minimum absolute atomic E-state index is 0.205. The van der Waals surface area contributed by atoms with Crippen molar-refractivity contribution >= 4 is 28.0 Å². The molecule has 1 fully saturated rings. The highest BCUT2D eigenvalue weighted by molar-refractivity contribution is 7.90. The van der Waals surface area contributed by atoms with Crippen LogP contribution in [0, 0.1) is 6.92 Å². The van der Waals surface area contributed by atoms with Crippen LogP contribution < -0.4 is 4.90 Å². The fraction of sp³-hybridized carbons (Fsp3) is 0.364. The van der Waals surface area contributed by atoms with Gasteiger partial charge in [0.1, 0.15) is 29.0 Å². The first-order chi connectivity index (χ1) is 15.4. The summed E-state index contributed by atoms with van der Waals surface area (Å²) in [7, 11) is 1.92. The van der Waals surface area contributed by atoms with E-state index in [-0.39, 0.29) is 6.04 Å². The number of ether oxygens (including phenoxy) is 1. The van der Waals surface area contributed by atoms with Crippen LogP contribution in [0.15, 0.2) is 35.5 Å². The normalized spacial score (nSPS) is 17.8. The van der Waals surface area contributed by atoms with E-state index in [4.69, 9.17) is 14.8 Å². The van der Waals surface area contributed by atoms with Gasteiger partial charge in [-0.05, 0) is 32.0 Å². The van der Waals surface area contributed by atoms with Crippen LogP contribution in [-0.2, 0) is 23.0 Å². The van der Waals surface area contributed by atoms with Crippen LogP contribution in [0.2, 0.25) is 0 Å². The Kier molecular flexibility index (Phi) is 5.36. The number of anilines is 1. The van der Waals surface area contributed by atoms with Crippen molar-refractivity contribution < 1.29 is 9.29 Å². The minimum Gasteiger partial charge on any atom is -0.610 e. The lowest BCUT2D eigenvalue weighted by molar-refractivity contribution is 0.0986. The molecule has 0 saturated carbocycles. The van der Waals surface area contributed by atoms with Gasteiger partial charge >= 0.3 is 0 Å². The van der Waals surface area contributed by atoms with Gasteiger partial charge in [-0.3, -0.25) is 9.78 Å². The SMILES string of the molecule is Cc1nc([S+](C)[O-])ccc1-c1cc(N2CCOCC2C)nc2c(-c3cc[nH]n3)nn(C)c12. The Bertz CT molecular complexity index is 1270. The molecule has 1 N–H and O–H groups in total. The fourth-order valence-corrected chi connectivity index (χ4v) is 4.76. The van der Waals surface area contributed by atoms with E-state index in [1.165, 1.54) is 0 Å². The molecular weight excluding hydrogens is 426 g/mol. The van der Waals surface area contributed by atoms with Crippen LogP contribution in [0.5, 0.6) is 0 Å². The number of hydrogen-bond acceptors (Lipinski definition) is 7. The Balaban J connectivity index is 1.78. The van der Waals surface area contributed by atoms with E-state index in [0.717, 1.165) is 51.6 Å². The molecule has 4 aromatic rings. The quantitative estimate of drug-likeness (QED) is 0.475. The monoisotopic (exact) mass is 451 g/mol. The summed E-state index contributed by atoms with van der Waals surface area (Å²) in [6.45, 7) is 6.17. The van der Waals surface area contributed by atoms with Crippen molar-refractivity contribution in [3.8, 4) is 22.5 Å². The molecule has 1 saturated heterocycles. The van der Waals surface area contributed by atoms with E-state index in [0.29, 0.717) is 18.2 Å². The number of morpholine rings is 1. The van der Waals surface area contributed by atoms with Crippen molar-refractivity contribution in [3.05, 3.63) is 36.2 Å². The van der Waals surface area contributed by atoms with Crippen molar-refractivity contribution in [2.75, 3.05) is 30.9 Å². The van der Waals surface area contributed by atoms with E-state index < -0.39 is 11.2 Å². The van der Waals surface area contributed by atoms with Crippen LogP contribution in [-0.4, -0.2) is 66.6 Å². The average Bonchev–Trinajstić information content (AvgIpc) is 3.41. The molecule has 0 aliphatic carbocycles. The molecule has 2 unspecified atom stereocenters. The maximum absolute atomic E-state index is 11.9. The molecule has 1 aliphatic heterocycles. The molecule has 0 spiro atoms. The summed E-state index contributed by atoms with van der Waals surface area (Å²) >= 11 is -1.14. The number of aromatic amines is 1. The Morgan fingerprint density at radius 3 is 2.75 bits per heavy atom. The minimum atomic E-state index is -1.14. The van der Waals surface area contributed by atoms with Crippen LogP contribution in [0.4, 0.5) is 5.82 Å². The fourth-order valence-electron chi connectivity index (χ4n) is 4.23. The maximum atomic E-state index is 11.9. The number of H-pyrrole nitrogens is 1. The van der Waals surface area contributed by atoms with Crippen LogP contribution in [0.3, 0.4) is 0 Å². The number of aromatic nitrogens is 6. The van der Waals surface area contributed by atoms with Gasteiger partial charge in [0.15, 0.2) is 0 Å². The summed E-state index contributed by atoms with van der Waals surface area (Å²) in [5.74, 6) is 0.871. The molecule has 0 bridgehead atoms. The first-order valence-corrected chi connectivity index (χ1v) is 12.0. The molecular formula is C22H25N7O2S. The highest BCUT2D eigenvalue weighted by Gasteiger charge is 2.26.